The van der Waals surface area contributed by atoms with Gasteiger partial charge < -0.3 is 10.4 Å². The van der Waals surface area contributed by atoms with Crippen molar-refractivity contribution in [3.8, 4) is 0 Å². The van der Waals surface area contributed by atoms with Gasteiger partial charge in [-0.05, 0) is 43.4 Å². The summed E-state index contributed by atoms with van der Waals surface area (Å²) in [6, 6.07) is 0. The number of amides is 1. The number of Topliss-reactive ketones (excluding diaryl/α,β-unsaturated/α-hetero) is 1. The second-order valence-corrected chi connectivity index (χ2v) is 7.28. The maximum atomic E-state index is 12.8. The van der Waals surface area contributed by atoms with Crippen LogP contribution in [0.15, 0.2) is 11.6 Å². The average Bonchev–Trinajstić information content (AvgIpc) is 3.14. The van der Waals surface area contributed by atoms with E-state index in [2.05, 4.69) is 12.2 Å². The van der Waals surface area contributed by atoms with Crippen LogP contribution in [-0.2, 0) is 14.4 Å². The average molecular weight is 319 g/mol. The third-order valence-corrected chi connectivity index (χ3v) is 6.08. The first-order chi connectivity index (χ1) is 10.9. The highest BCUT2D eigenvalue weighted by atomic mass is 16.4. The SMILES string of the molecule is CC[C@H]1C=C(C(=O)N[C@]2(C(=O)O)C[C@H]2CC)[C@@H]2CCC(=O)[C@@H]2C1. The highest BCUT2D eigenvalue weighted by Crippen LogP contribution is 2.48. The number of ketones is 1. The number of rotatable bonds is 5. The largest absolute Gasteiger partial charge is 0.479 e. The van der Waals surface area contributed by atoms with E-state index in [1.54, 1.807) is 0 Å². The molecule has 2 fully saturated rings. The number of hydrogen-bond acceptors (Lipinski definition) is 3. The van der Waals surface area contributed by atoms with Crippen LogP contribution in [0.2, 0.25) is 0 Å². The number of nitrogens with one attached hydrogen (secondary N) is 1. The minimum Gasteiger partial charge on any atom is -0.479 e. The van der Waals surface area contributed by atoms with Gasteiger partial charge in [0, 0.05) is 17.9 Å². The fourth-order valence-electron chi connectivity index (χ4n) is 4.44. The fourth-order valence-corrected chi connectivity index (χ4v) is 4.44. The van der Waals surface area contributed by atoms with Crippen molar-refractivity contribution in [2.45, 2.75) is 57.9 Å². The lowest BCUT2D eigenvalue weighted by molar-refractivity contribution is -0.143. The maximum Gasteiger partial charge on any atom is 0.329 e. The Morgan fingerprint density at radius 1 is 1.30 bits per heavy atom. The number of fused-ring (bicyclic) bond motifs is 1. The van der Waals surface area contributed by atoms with E-state index < -0.39 is 11.5 Å². The molecule has 0 unspecified atom stereocenters. The van der Waals surface area contributed by atoms with E-state index in [-0.39, 0.29) is 35.4 Å². The number of hydrogen-bond donors (Lipinski definition) is 2. The molecule has 2 saturated carbocycles. The Morgan fingerprint density at radius 2 is 2.04 bits per heavy atom. The van der Waals surface area contributed by atoms with E-state index in [1.165, 1.54) is 0 Å². The molecule has 0 aromatic heterocycles. The van der Waals surface area contributed by atoms with Crippen molar-refractivity contribution in [1.29, 1.82) is 0 Å². The number of carboxylic acid groups (broad SMARTS) is 1. The number of carbonyl (C=O) groups excluding carboxylic acids is 2. The smallest absolute Gasteiger partial charge is 0.329 e. The molecule has 0 aliphatic heterocycles. The first-order valence-electron chi connectivity index (χ1n) is 8.73. The minimum atomic E-state index is -1.09. The molecule has 0 aromatic rings. The number of carboxylic acids is 1. The molecule has 126 valence electrons. The number of aliphatic carboxylic acids is 1. The molecule has 23 heavy (non-hydrogen) atoms. The molecule has 2 N–H and O–H groups in total. The van der Waals surface area contributed by atoms with Crippen LogP contribution in [0, 0.1) is 23.7 Å². The monoisotopic (exact) mass is 319 g/mol. The van der Waals surface area contributed by atoms with Gasteiger partial charge in [0.2, 0.25) is 5.91 Å². The summed E-state index contributed by atoms with van der Waals surface area (Å²) in [6.07, 6.45) is 6.23. The molecule has 5 nitrogen and oxygen atoms in total. The standard InChI is InChI=1S/C18H25NO4/c1-3-10-7-13-12(5-6-15(13)20)14(8-10)16(21)19-18(17(22)23)9-11(18)4-2/h8,10-13H,3-7,9H2,1-2H3,(H,19,21)(H,22,23)/t10-,11-,12-,13-,18-/m1/s1. The third kappa shape index (κ3) is 2.60. The van der Waals surface area contributed by atoms with Crippen molar-refractivity contribution in [3.05, 3.63) is 11.6 Å². The molecule has 1 amide bonds. The van der Waals surface area contributed by atoms with Gasteiger partial charge >= 0.3 is 5.97 Å². The van der Waals surface area contributed by atoms with Gasteiger partial charge in [0.05, 0.1) is 0 Å². The number of allylic oxidation sites excluding steroid dienone is 1. The minimum absolute atomic E-state index is 0.0103. The van der Waals surface area contributed by atoms with Gasteiger partial charge in [0.1, 0.15) is 11.3 Å². The first-order valence-corrected chi connectivity index (χ1v) is 8.73. The molecule has 3 rings (SSSR count). The zero-order chi connectivity index (χ0) is 16.8. The summed E-state index contributed by atoms with van der Waals surface area (Å²) in [5.74, 6) is -0.774. The van der Waals surface area contributed by atoms with Gasteiger partial charge in [-0.2, -0.15) is 0 Å². The molecular formula is C18H25NO4. The van der Waals surface area contributed by atoms with E-state index in [4.69, 9.17) is 0 Å². The molecule has 0 heterocycles. The highest BCUT2D eigenvalue weighted by Gasteiger charge is 2.61. The lowest BCUT2D eigenvalue weighted by Gasteiger charge is -2.30. The quantitative estimate of drug-likeness (QED) is 0.814. The number of carbonyl (C=O) groups is 3. The van der Waals surface area contributed by atoms with Crippen LogP contribution >= 0.6 is 0 Å². The third-order valence-electron chi connectivity index (χ3n) is 6.08. The van der Waals surface area contributed by atoms with Gasteiger partial charge in [-0.3, -0.25) is 9.59 Å². The van der Waals surface area contributed by atoms with Crippen molar-refractivity contribution in [2.24, 2.45) is 23.7 Å². The van der Waals surface area contributed by atoms with Gasteiger partial charge in [-0.25, -0.2) is 4.79 Å². The van der Waals surface area contributed by atoms with Crippen LogP contribution in [-0.4, -0.2) is 28.3 Å². The summed E-state index contributed by atoms with van der Waals surface area (Å²) in [5, 5.41) is 12.3. The Morgan fingerprint density at radius 3 is 2.61 bits per heavy atom. The topological polar surface area (TPSA) is 83.5 Å². The first kappa shape index (κ1) is 16.2. The van der Waals surface area contributed by atoms with Crippen LogP contribution in [0.4, 0.5) is 0 Å². The molecular weight excluding hydrogens is 294 g/mol. The summed E-state index contributed by atoms with van der Waals surface area (Å²) >= 11 is 0. The zero-order valence-electron chi connectivity index (χ0n) is 13.8. The van der Waals surface area contributed by atoms with Crippen molar-refractivity contribution in [1.82, 2.24) is 5.32 Å². The van der Waals surface area contributed by atoms with Crippen molar-refractivity contribution in [3.63, 3.8) is 0 Å². The molecule has 3 aliphatic carbocycles. The Bertz CT molecular complexity index is 582. The predicted molar refractivity (Wildman–Crippen MR) is 84.6 cm³/mol. The van der Waals surface area contributed by atoms with E-state index in [9.17, 15) is 19.5 Å². The molecule has 5 heteroatoms. The summed E-state index contributed by atoms with van der Waals surface area (Å²) in [4.78, 5) is 36.4. The van der Waals surface area contributed by atoms with E-state index in [0.717, 1.165) is 25.7 Å². The van der Waals surface area contributed by atoms with Crippen LogP contribution in [0.3, 0.4) is 0 Å². The normalized spacial score (nSPS) is 38.7. The van der Waals surface area contributed by atoms with Crippen LogP contribution in [0.5, 0.6) is 0 Å². The van der Waals surface area contributed by atoms with Crippen LogP contribution in [0.1, 0.15) is 52.4 Å². The van der Waals surface area contributed by atoms with E-state index in [0.29, 0.717) is 18.4 Å². The van der Waals surface area contributed by atoms with E-state index in [1.807, 2.05) is 13.0 Å². The van der Waals surface area contributed by atoms with E-state index >= 15 is 0 Å². The summed E-state index contributed by atoms with van der Waals surface area (Å²) < 4.78 is 0. The predicted octanol–water partition coefficient (Wildman–Crippen LogP) is 2.31. The zero-order valence-corrected chi connectivity index (χ0v) is 13.8. The summed E-state index contributed by atoms with van der Waals surface area (Å²) in [5.41, 5.74) is -0.439. The van der Waals surface area contributed by atoms with Crippen molar-refractivity contribution >= 4 is 17.7 Å². The second-order valence-electron chi connectivity index (χ2n) is 7.28. The molecule has 0 spiro atoms. The van der Waals surface area contributed by atoms with Gasteiger partial charge in [-0.15, -0.1) is 0 Å². The van der Waals surface area contributed by atoms with Crippen LogP contribution in [0.25, 0.3) is 0 Å². The Balaban J connectivity index is 1.82. The molecule has 0 radical (unpaired) electrons. The summed E-state index contributed by atoms with van der Waals surface area (Å²) in [6.45, 7) is 4.00. The summed E-state index contributed by atoms with van der Waals surface area (Å²) in [7, 11) is 0. The highest BCUT2D eigenvalue weighted by molar-refractivity contribution is 6.00. The molecule has 3 aliphatic rings. The molecule has 0 bridgehead atoms. The second kappa shape index (κ2) is 5.77. The Hall–Kier alpha value is -1.65. The fraction of sp³-hybridized carbons (Fsp3) is 0.722. The molecule has 0 saturated heterocycles. The molecule has 0 aromatic carbocycles. The van der Waals surface area contributed by atoms with Gasteiger partial charge in [-0.1, -0.05) is 26.3 Å². The Labute approximate surface area is 136 Å². The lowest BCUT2D eigenvalue weighted by atomic mass is 9.74. The van der Waals surface area contributed by atoms with Gasteiger partial charge in [0.15, 0.2) is 0 Å². The Kier molecular flexibility index (Phi) is 4.07. The van der Waals surface area contributed by atoms with Crippen LogP contribution < -0.4 is 5.32 Å². The molecule has 5 atom stereocenters. The van der Waals surface area contributed by atoms with Gasteiger partial charge in [0.25, 0.3) is 0 Å². The van der Waals surface area contributed by atoms with Crippen molar-refractivity contribution in [2.75, 3.05) is 0 Å². The maximum absolute atomic E-state index is 12.8. The lowest BCUT2D eigenvalue weighted by Crippen LogP contribution is -2.47. The van der Waals surface area contributed by atoms with Crippen molar-refractivity contribution < 1.29 is 19.5 Å².